The molecule has 5 nitrogen and oxygen atoms in total. The molecule has 128 valence electrons. The summed E-state index contributed by atoms with van der Waals surface area (Å²) in [6, 6.07) is 18.6. The van der Waals surface area contributed by atoms with E-state index in [0.29, 0.717) is 22.6 Å². The minimum atomic E-state index is -0.282. The van der Waals surface area contributed by atoms with E-state index in [1.807, 2.05) is 44.2 Å². The van der Waals surface area contributed by atoms with Crippen molar-refractivity contribution in [1.29, 1.82) is 5.26 Å². The Kier molecular flexibility index (Phi) is 4.95. The first-order chi connectivity index (χ1) is 12.6. The van der Waals surface area contributed by atoms with Crippen LogP contribution in [0.5, 0.6) is 0 Å². The molecule has 0 saturated heterocycles. The lowest BCUT2D eigenvalue weighted by Gasteiger charge is -2.11. The molecule has 26 heavy (non-hydrogen) atoms. The predicted octanol–water partition coefficient (Wildman–Crippen LogP) is 4.57. The molecule has 0 aliphatic rings. The summed E-state index contributed by atoms with van der Waals surface area (Å²) in [6.45, 7) is 3.92. The van der Waals surface area contributed by atoms with E-state index in [4.69, 9.17) is 0 Å². The Bertz CT molecular complexity index is 1000. The van der Waals surface area contributed by atoms with Crippen molar-refractivity contribution in [2.75, 3.05) is 10.6 Å². The maximum Gasteiger partial charge on any atom is 0.274 e. The minimum Gasteiger partial charge on any atom is -0.354 e. The molecule has 3 rings (SSSR count). The number of nitriles is 1. The van der Waals surface area contributed by atoms with Gasteiger partial charge in [0.2, 0.25) is 0 Å². The number of carbonyl (C=O) groups is 1. The van der Waals surface area contributed by atoms with Crippen LogP contribution in [0.2, 0.25) is 0 Å². The first kappa shape index (κ1) is 17.2. The molecule has 0 aliphatic carbocycles. The van der Waals surface area contributed by atoms with E-state index in [9.17, 15) is 10.1 Å². The molecule has 5 heteroatoms. The average Bonchev–Trinajstić information content (AvgIpc) is 2.65. The van der Waals surface area contributed by atoms with Gasteiger partial charge in [-0.2, -0.15) is 5.26 Å². The number of nitrogens with one attached hydrogen (secondary N) is 2. The van der Waals surface area contributed by atoms with Crippen LogP contribution >= 0.6 is 0 Å². The van der Waals surface area contributed by atoms with Crippen molar-refractivity contribution in [2.45, 2.75) is 13.8 Å². The van der Waals surface area contributed by atoms with E-state index in [1.165, 1.54) is 0 Å². The van der Waals surface area contributed by atoms with E-state index >= 15 is 0 Å². The third-order valence-electron chi connectivity index (χ3n) is 3.96. The second-order valence-electron chi connectivity index (χ2n) is 5.98. The maximum absolute atomic E-state index is 12.6. The third-order valence-corrected chi connectivity index (χ3v) is 3.96. The zero-order chi connectivity index (χ0) is 18.5. The van der Waals surface area contributed by atoms with Gasteiger partial charge in [-0.25, -0.2) is 0 Å². The molecule has 1 aromatic heterocycles. The maximum atomic E-state index is 12.6. The Morgan fingerprint density at radius 2 is 1.85 bits per heavy atom. The van der Waals surface area contributed by atoms with Gasteiger partial charge < -0.3 is 10.6 Å². The molecule has 0 aliphatic heterocycles. The van der Waals surface area contributed by atoms with Gasteiger partial charge in [0.05, 0.1) is 11.3 Å². The van der Waals surface area contributed by atoms with Crippen LogP contribution in [0.25, 0.3) is 0 Å². The SMILES string of the molecule is Cc1ccc(C)c(NC(=O)c2cc(Nc3ccccc3C#N)ccn2)c1. The highest BCUT2D eigenvalue weighted by Gasteiger charge is 2.11. The number of aromatic nitrogens is 1. The Morgan fingerprint density at radius 3 is 2.65 bits per heavy atom. The summed E-state index contributed by atoms with van der Waals surface area (Å²) >= 11 is 0. The number of anilines is 3. The van der Waals surface area contributed by atoms with E-state index in [0.717, 1.165) is 16.8 Å². The van der Waals surface area contributed by atoms with Crippen LogP contribution in [-0.2, 0) is 0 Å². The summed E-state index contributed by atoms with van der Waals surface area (Å²) in [5.74, 6) is -0.282. The van der Waals surface area contributed by atoms with Crippen molar-refractivity contribution in [2.24, 2.45) is 0 Å². The summed E-state index contributed by atoms with van der Waals surface area (Å²) < 4.78 is 0. The number of para-hydroxylation sites is 1. The fraction of sp³-hybridized carbons (Fsp3) is 0.0952. The third kappa shape index (κ3) is 3.87. The zero-order valence-electron chi connectivity index (χ0n) is 14.6. The first-order valence-electron chi connectivity index (χ1n) is 8.17. The zero-order valence-corrected chi connectivity index (χ0v) is 14.6. The van der Waals surface area contributed by atoms with Gasteiger partial charge in [0, 0.05) is 17.6 Å². The molecule has 0 saturated carbocycles. The van der Waals surface area contributed by atoms with E-state index in [-0.39, 0.29) is 5.91 Å². The van der Waals surface area contributed by atoms with Crippen LogP contribution in [0.1, 0.15) is 27.2 Å². The molecule has 2 N–H and O–H groups in total. The average molecular weight is 342 g/mol. The smallest absolute Gasteiger partial charge is 0.274 e. The highest BCUT2D eigenvalue weighted by atomic mass is 16.1. The summed E-state index contributed by atoms with van der Waals surface area (Å²) in [7, 11) is 0. The lowest BCUT2D eigenvalue weighted by molar-refractivity contribution is 0.102. The highest BCUT2D eigenvalue weighted by Crippen LogP contribution is 2.21. The van der Waals surface area contributed by atoms with Crippen LogP contribution < -0.4 is 10.6 Å². The summed E-state index contributed by atoms with van der Waals surface area (Å²) in [5, 5.41) is 15.2. The molecule has 0 spiro atoms. The number of pyridine rings is 1. The van der Waals surface area contributed by atoms with Crippen molar-refractivity contribution in [3.63, 3.8) is 0 Å². The van der Waals surface area contributed by atoms with Gasteiger partial charge in [0.25, 0.3) is 5.91 Å². The number of benzene rings is 2. The van der Waals surface area contributed by atoms with Crippen molar-refractivity contribution >= 4 is 23.0 Å². The Labute approximate surface area is 152 Å². The molecular weight excluding hydrogens is 324 g/mol. The van der Waals surface area contributed by atoms with Crippen LogP contribution in [0.3, 0.4) is 0 Å². The van der Waals surface area contributed by atoms with Crippen LogP contribution in [-0.4, -0.2) is 10.9 Å². The molecule has 3 aromatic rings. The number of carbonyl (C=O) groups excluding carboxylic acids is 1. The topological polar surface area (TPSA) is 77.8 Å². The molecule has 0 atom stereocenters. The normalized spacial score (nSPS) is 10.0. The number of amides is 1. The van der Waals surface area contributed by atoms with Gasteiger partial charge in [-0.15, -0.1) is 0 Å². The lowest BCUT2D eigenvalue weighted by atomic mass is 10.1. The molecule has 0 fully saturated rings. The van der Waals surface area contributed by atoms with Crippen molar-refractivity contribution in [1.82, 2.24) is 4.98 Å². The summed E-state index contributed by atoms with van der Waals surface area (Å²) in [4.78, 5) is 16.7. The van der Waals surface area contributed by atoms with Crippen molar-refractivity contribution in [3.8, 4) is 6.07 Å². The number of hydrogen-bond donors (Lipinski definition) is 2. The fourth-order valence-electron chi connectivity index (χ4n) is 2.53. The second-order valence-corrected chi connectivity index (χ2v) is 5.98. The minimum absolute atomic E-state index is 0.282. The Hall–Kier alpha value is -3.65. The lowest BCUT2D eigenvalue weighted by Crippen LogP contribution is -2.14. The van der Waals surface area contributed by atoms with Crippen LogP contribution in [0.15, 0.2) is 60.8 Å². The van der Waals surface area contributed by atoms with Crippen LogP contribution in [0, 0.1) is 25.2 Å². The van der Waals surface area contributed by atoms with E-state index in [2.05, 4.69) is 21.7 Å². The monoisotopic (exact) mass is 342 g/mol. The number of rotatable bonds is 4. The first-order valence-corrected chi connectivity index (χ1v) is 8.17. The summed E-state index contributed by atoms with van der Waals surface area (Å²) in [6.07, 6.45) is 1.56. The van der Waals surface area contributed by atoms with Gasteiger partial charge in [-0.1, -0.05) is 24.3 Å². The predicted molar refractivity (Wildman–Crippen MR) is 103 cm³/mol. The molecule has 2 aromatic carbocycles. The molecular formula is C21H18N4O. The van der Waals surface area contributed by atoms with Gasteiger partial charge in [-0.05, 0) is 55.3 Å². The second kappa shape index (κ2) is 7.49. The quantitative estimate of drug-likeness (QED) is 0.728. The van der Waals surface area contributed by atoms with E-state index in [1.54, 1.807) is 30.5 Å². The van der Waals surface area contributed by atoms with Gasteiger partial charge in [0.1, 0.15) is 11.8 Å². The number of hydrogen-bond acceptors (Lipinski definition) is 4. The highest BCUT2D eigenvalue weighted by molar-refractivity contribution is 6.03. The van der Waals surface area contributed by atoms with Crippen molar-refractivity contribution < 1.29 is 4.79 Å². The molecule has 1 amide bonds. The standard InChI is InChI=1S/C21H18N4O/c1-14-7-8-15(2)19(11-14)25-21(26)20-12-17(9-10-23-20)24-18-6-4-3-5-16(18)13-22/h3-12H,1-2H3,(H,23,24)(H,25,26). The largest absolute Gasteiger partial charge is 0.354 e. The summed E-state index contributed by atoms with van der Waals surface area (Å²) in [5.41, 5.74) is 5.03. The number of aryl methyl sites for hydroxylation is 2. The fourth-order valence-corrected chi connectivity index (χ4v) is 2.53. The van der Waals surface area contributed by atoms with Gasteiger partial charge in [-0.3, -0.25) is 9.78 Å². The van der Waals surface area contributed by atoms with Gasteiger partial charge >= 0.3 is 0 Å². The Balaban J connectivity index is 1.82. The molecule has 0 bridgehead atoms. The molecule has 0 unspecified atom stereocenters. The number of nitrogens with zero attached hydrogens (tertiary/aromatic N) is 2. The van der Waals surface area contributed by atoms with Crippen LogP contribution in [0.4, 0.5) is 17.1 Å². The van der Waals surface area contributed by atoms with Gasteiger partial charge in [0.15, 0.2) is 0 Å². The van der Waals surface area contributed by atoms with E-state index < -0.39 is 0 Å². The van der Waals surface area contributed by atoms with Crippen molar-refractivity contribution in [3.05, 3.63) is 83.2 Å². The molecule has 0 radical (unpaired) electrons. The Morgan fingerprint density at radius 1 is 1.04 bits per heavy atom. The molecule has 1 heterocycles.